The minimum absolute atomic E-state index is 0.0632. The molecule has 10 heteroatoms. The van der Waals surface area contributed by atoms with Crippen LogP contribution in [0.3, 0.4) is 0 Å². The number of hydrogen-bond acceptors (Lipinski definition) is 4. The molecule has 1 atom stereocenters. The highest BCUT2D eigenvalue weighted by Gasteiger charge is 2.34. The van der Waals surface area contributed by atoms with Crippen LogP contribution < -0.4 is 14.8 Å². The van der Waals surface area contributed by atoms with Gasteiger partial charge in [-0.15, -0.1) is 0 Å². The Morgan fingerprint density at radius 2 is 1.59 bits per heavy atom. The molecule has 1 amide bonds. The predicted octanol–water partition coefficient (Wildman–Crippen LogP) is 3.80. The first-order valence-electron chi connectivity index (χ1n) is 8.66. The summed E-state index contributed by atoms with van der Waals surface area (Å²) in [5.74, 6) is -0.0897. The third-order valence-electron chi connectivity index (χ3n) is 3.72. The molecule has 2 aromatic rings. The lowest BCUT2D eigenvalue weighted by molar-refractivity contribution is -0.137. The molecule has 0 aromatic heterocycles. The van der Waals surface area contributed by atoms with Crippen LogP contribution in [0.5, 0.6) is 5.75 Å². The first-order valence-corrected chi connectivity index (χ1v) is 10.1. The van der Waals surface area contributed by atoms with Crippen molar-refractivity contribution >= 4 is 21.6 Å². The molecule has 0 aliphatic rings. The van der Waals surface area contributed by atoms with E-state index in [1.54, 1.807) is 13.8 Å². The number of anilines is 1. The van der Waals surface area contributed by atoms with Gasteiger partial charge < -0.3 is 10.1 Å². The van der Waals surface area contributed by atoms with Gasteiger partial charge in [0.2, 0.25) is 0 Å². The van der Waals surface area contributed by atoms with E-state index < -0.39 is 33.6 Å². The van der Waals surface area contributed by atoms with Crippen molar-refractivity contribution in [3.63, 3.8) is 0 Å². The molecular weight excluding hydrogens is 409 g/mol. The van der Waals surface area contributed by atoms with Gasteiger partial charge in [0.1, 0.15) is 5.75 Å². The van der Waals surface area contributed by atoms with Gasteiger partial charge in [0.25, 0.3) is 15.9 Å². The lowest BCUT2D eigenvalue weighted by Gasteiger charge is -2.17. The van der Waals surface area contributed by atoms with Crippen molar-refractivity contribution < 1.29 is 31.1 Å². The second kappa shape index (κ2) is 8.73. The minimum atomic E-state index is -4.70. The van der Waals surface area contributed by atoms with E-state index in [0.29, 0.717) is 0 Å². The van der Waals surface area contributed by atoms with Crippen LogP contribution in [0.25, 0.3) is 0 Å². The summed E-state index contributed by atoms with van der Waals surface area (Å²) in [5.41, 5.74) is -1.66. The van der Waals surface area contributed by atoms with Crippen LogP contribution in [0.2, 0.25) is 0 Å². The molecular formula is C19H21F3N2O4S. The number of ether oxygens (including phenoxy) is 1. The molecule has 0 saturated carbocycles. The van der Waals surface area contributed by atoms with Crippen LogP contribution in [0.15, 0.2) is 53.4 Å². The molecule has 0 aliphatic heterocycles. The lowest BCUT2D eigenvalue weighted by atomic mass is 10.2. The Hall–Kier alpha value is -2.75. The number of rotatable bonds is 7. The van der Waals surface area contributed by atoms with Gasteiger partial charge in [-0.1, -0.05) is 12.1 Å². The number of amides is 1. The molecule has 0 fully saturated rings. The van der Waals surface area contributed by atoms with Crippen molar-refractivity contribution in [1.82, 2.24) is 5.32 Å². The van der Waals surface area contributed by atoms with Gasteiger partial charge in [-0.2, -0.15) is 13.2 Å². The Morgan fingerprint density at radius 3 is 2.14 bits per heavy atom. The number of hydrogen-bond donors (Lipinski definition) is 2. The number of halogens is 3. The van der Waals surface area contributed by atoms with Crippen molar-refractivity contribution in [2.75, 3.05) is 4.72 Å². The molecule has 0 heterocycles. The maximum Gasteiger partial charge on any atom is 0.418 e. The van der Waals surface area contributed by atoms with E-state index in [0.717, 1.165) is 12.1 Å². The zero-order valence-electron chi connectivity index (χ0n) is 15.9. The maximum atomic E-state index is 13.1. The Labute approximate surface area is 167 Å². The molecule has 0 aliphatic carbocycles. The fraction of sp³-hybridized carbons (Fsp3) is 0.316. The van der Waals surface area contributed by atoms with Crippen LogP contribution in [0.1, 0.15) is 26.3 Å². The van der Waals surface area contributed by atoms with Crippen molar-refractivity contribution in [2.24, 2.45) is 0 Å². The first-order chi connectivity index (χ1) is 13.4. The third-order valence-corrected chi connectivity index (χ3v) is 5.11. The van der Waals surface area contributed by atoms with Gasteiger partial charge in [-0.05, 0) is 57.2 Å². The average Bonchev–Trinajstić information content (AvgIpc) is 2.60. The van der Waals surface area contributed by atoms with Gasteiger partial charge in [0.05, 0.1) is 16.1 Å². The number of benzene rings is 2. The quantitative estimate of drug-likeness (QED) is 0.700. The first kappa shape index (κ1) is 22.5. The number of nitrogens with one attached hydrogen (secondary N) is 2. The highest BCUT2D eigenvalue weighted by molar-refractivity contribution is 7.92. The SMILES string of the molecule is CC(C)NC(=O)[C@H](C)Oc1ccc(S(=O)(=O)Nc2ccccc2C(F)(F)F)cc1. The van der Waals surface area contributed by atoms with Gasteiger partial charge in [0.15, 0.2) is 6.10 Å². The van der Waals surface area contributed by atoms with Crippen molar-refractivity contribution in [3.05, 3.63) is 54.1 Å². The second-order valence-corrected chi connectivity index (χ2v) is 8.23. The summed E-state index contributed by atoms with van der Waals surface area (Å²) in [5, 5.41) is 2.68. The topological polar surface area (TPSA) is 84.5 Å². The minimum Gasteiger partial charge on any atom is -0.481 e. The molecule has 0 spiro atoms. The van der Waals surface area contributed by atoms with E-state index in [-0.39, 0.29) is 22.6 Å². The maximum absolute atomic E-state index is 13.1. The summed E-state index contributed by atoms with van der Waals surface area (Å²) in [6.45, 7) is 5.14. The monoisotopic (exact) mass is 430 g/mol. The van der Waals surface area contributed by atoms with Crippen molar-refractivity contribution in [2.45, 2.75) is 44.0 Å². The molecule has 158 valence electrons. The zero-order chi connectivity index (χ0) is 21.8. The van der Waals surface area contributed by atoms with E-state index in [9.17, 15) is 26.4 Å². The van der Waals surface area contributed by atoms with E-state index in [2.05, 4.69) is 5.32 Å². The highest BCUT2D eigenvalue weighted by atomic mass is 32.2. The summed E-state index contributed by atoms with van der Waals surface area (Å²) >= 11 is 0. The Morgan fingerprint density at radius 1 is 1.00 bits per heavy atom. The molecule has 2 N–H and O–H groups in total. The Balaban J connectivity index is 2.16. The number of alkyl halides is 3. The number of carbonyl (C=O) groups excluding carboxylic acids is 1. The molecule has 0 bridgehead atoms. The fourth-order valence-electron chi connectivity index (χ4n) is 2.38. The second-order valence-electron chi connectivity index (χ2n) is 6.54. The van der Waals surface area contributed by atoms with E-state index >= 15 is 0 Å². The van der Waals surface area contributed by atoms with Gasteiger partial charge in [-0.3, -0.25) is 9.52 Å². The number of sulfonamides is 1. The zero-order valence-corrected chi connectivity index (χ0v) is 16.8. The van der Waals surface area contributed by atoms with Crippen molar-refractivity contribution in [3.8, 4) is 5.75 Å². The predicted molar refractivity (Wildman–Crippen MR) is 102 cm³/mol. The van der Waals surface area contributed by atoms with E-state index in [1.165, 1.54) is 43.3 Å². The van der Waals surface area contributed by atoms with Gasteiger partial charge in [-0.25, -0.2) is 8.42 Å². The van der Waals surface area contributed by atoms with Crippen LogP contribution >= 0.6 is 0 Å². The summed E-state index contributed by atoms with van der Waals surface area (Å²) in [7, 11) is -4.26. The van der Waals surface area contributed by atoms with E-state index in [1.807, 2.05) is 4.72 Å². The summed E-state index contributed by atoms with van der Waals surface area (Å²) in [4.78, 5) is 11.6. The number of para-hydroxylation sites is 1. The smallest absolute Gasteiger partial charge is 0.418 e. The van der Waals surface area contributed by atoms with Crippen LogP contribution in [0, 0.1) is 0 Å². The van der Waals surface area contributed by atoms with E-state index in [4.69, 9.17) is 4.74 Å². The molecule has 0 radical (unpaired) electrons. The fourth-order valence-corrected chi connectivity index (χ4v) is 3.46. The Kier molecular flexibility index (Phi) is 6.78. The van der Waals surface area contributed by atoms with Crippen molar-refractivity contribution in [1.29, 1.82) is 0 Å². The summed E-state index contributed by atoms with van der Waals surface area (Å²) in [6, 6.07) is 9.24. The summed E-state index contributed by atoms with van der Waals surface area (Å²) < 4.78 is 71.5. The largest absolute Gasteiger partial charge is 0.481 e. The molecule has 0 saturated heterocycles. The Bertz CT molecular complexity index is 958. The molecule has 6 nitrogen and oxygen atoms in total. The van der Waals surface area contributed by atoms with Crippen LogP contribution in [-0.4, -0.2) is 26.5 Å². The average molecular weight is 430 g/mol. The highest BCUT2D eigenvalue weighted by Crippen LogP contribution is 2.35. The third kappa shape index (κ3) is 6.11. The molecule has 2 rings (SSSR count). The molecule has 29 heavy (non-hydrogen) atoms. The van der Waals surface area contributed by atoms with Crippen LogP contribution in [0.4, 0.5) is 18.9 Å². The standard InChI is InChI=1S/C19H21F3N2O4S/c1-12(2)23-18(25)13(3)28-14-8-10-15(11-9-14)29(26,27)24-17-7-5-4-6-16(17)19(20,21)22/h4-13,24H,1-3H3,(H,23,25)/t13-/m0/s1. The van der Waals surface area contributed by atoms with Gasteiger partial charge >= 0.3 is 6.18 Å². The van der Waals surface area contributed by atoms with Crippen LogP contribution in [-0.2, 0) is 21.0 Å². The summed E-state index contributed by atoms with van der Waals surface area (Å²) in [6.07, 6.45) is -5.51. The lowest BCUT2D eigenvalue weighted by Crippen LogP contribution is -2.40. The number of carbonyl (C=O) groups is 1. The molecule has 2 aromatic carbocycles. The molecule has 0 unspecified atom stereocenters. The normalized spacial score (nSPS) is 13.1. The van der Waals surface area contributed by atoms with Gasteiger partial charge in [0, 0.05) is 6.04 Å².